The second-order valence-electron chi connectivity index (χ2n) is 7.22. The van der Waals surface area contributed by atoms with Gasteiger partial charge < -0.3 is 0 Å². The summed E-state index contributed by atoms with van der Waals surface area (Å²) in [5.41, 5.74) is 0.303. The van der Waals surface area contributed by atoms with Crippen LogP contribution in [0.25, 0.3) is 0 Å². The topological polar surface area (TPSA) is 70.1 Å². The van der Waals surface area contributed by atoms with Crippen molar-refractivity contribution in [2.24, 2.45) is 4.99 Å². The Balaban J connectivity index is 1.67. The number of rotatable bonds is 7. The number of benzene rings is 2. The number of carbonyl (C=O) groups excluding carboxylic acids is 1. The van der Waals surface area contributed by atoms with Crippen molar-refractivity contribution in [1.29, 1.82) is 0 Å². The SMILES string of the molecule is CCN(CC)S(=O)(=O)c1ccc(C(=O)N2CCN=C2SCc2ccc(C(F)(F)F)cc2)cc1. The Morgan fingerprint density at radius 3 is 2.21 bits per heavy atom. The highest BCUT2D eigenvalue weighted by Gasteiger charge is 2.30. The third kappa shape index (κ3) is 5.77. The van der Waals surface area contributed by atoms with Gasteiger partial charge in [-0.1, -0.05) is 37.7 Å². The van der Waals surface area contributed by atoms with Gasteiger partial charge in [0, 0.05) is 31.0 Å². The molecular weight excluding hydrogens is 475 g/mol. The molecule has 1 heterocycles. The number of amides is 1. The highest BCUT2D eigenvalue weighted by molar-refractivity contribution is 8.13. The molecule has 11 heteroatoms. The molecule has 1 aliphatic heterocycles. The average molecular weight is 500 g/mol. The fraction of sp³-hybridized carbons (Fsp3) is 0.364. The molecule has 1 aliphatic rings. The lowest BCUT2D eigenvalue weighted by atomic mass is 10.1. The van der Waals surface area contributed by atoms with Gasteiger partial charge in [0.25, 0.3) is 5.91 Å². The molecule has 2 aromatic carbocycles. The molecule has 0 aromatic heterocycles. The molecule has 0 atom stereocenters. The van der Waals surface area contributed by atoms with Gasteiger partial charge in [0.15, 0.2) is 5.17 Å². The minimum Gasteiger partial charge on any atom is -0.286 e. The first kappa shape index (κ1) is 25.3. The van der Waals surface area contributed by atoms with Crippen LogP contribution in [0.3, 0.4) is 0 Å². The Bertz CT molecular complexity index is 1110. The van der Waals surface area contributed by atoms with Gasteiger partial charge in [-0.15, -0.1) is 0 Å². The van der Waals surface area contributed by atoms with Crippen LogP contribution in [-0.2, 0) is 22.0 Å². The number of hydrogen-bond donors (Lipinski definition) is 0. The number of hydrogen-bond acceptors (Lipinski definition) is 5. The number of carbonyl (C=O) groups is 1. The van der Waals surface area contributed by atoms with E-state index in [4.69, 9.17) is 0 Å². The van der Waals surface area contributed by atoms with Crippen LogP contribution >= 0.6 is 11.8 Å². The molecule has 0 radical (unpaired) electrons. The lowest BCUT2D eigenvalue weighted by Crippen LogP contribution is -2.33. The highest BCUT2D eigenvalue weighted by atomic mass is 32.2. The molecule has 0 fully saturated rings. The van der Waals surface area contributed by atoms with E-state index < -0.39 is 21.8 Å². The third-order valence-electron chi connectivity index (χ3n) is 5.14. The molecule has 6 nitrogen and oxygen atoms in total. The Morgan fingerprint density at radius 1 is 1.06 bits per heavy atom. The molecule has 0 N–H and O–H groups in total. The maximum atomic E-state index is 13.0. The van der Waals surface area contributed by atoms with Gasteiger partial charge in [-0.2, -0.15) is 17.5 Å². The van der Waals surface area contributed by atoms with Crippen molar-refractivity contribution in [3.63, 3.8) is 0 Å². The Kier molecular flexibility index (Phi) is 7.86. The number of sulfonamides is 1. The minimum absolute atomic E-state index is 0.120. The molecule has 3 rings (SSSR count). The van der Waals surface area contributed by atoms with Crippen LogP contribution in [0.15, 0.2) is 58.4 Å². The number of halogens is 3. The van der Waals surface area contributed by atoms with E-state index in [9.17, 15) is 26.4 Å². The van der Waals surface area contributed by atoms with Crippen molar-refractivity contribution in [3.05, 3.63) is 65.2 Å². The Hall–Kier alpha value is -2.37. The van der Waals surface area contributed by atoms with Gasteiger partial charge in [-0.3, -0.25) is 14.7 Å². The van der Waals surface area contributed by atoms with Crippen molar-refractivity contribution in [2.45, 2.75) is 30.7 Å². The molecule has 0 unspecified atom stereocenters. The smallest absolute Gasteiger partial charge is 0.286 e. The van der Waals surface area contributed by atoms with Gasteiger partial charge in [0.1, 0.15) is 0 Å². The standard InChI is InChI=1S/C22H24F3N3O3S2/c1-3-27(4-2)33(30,31)19-11-7-17(8-12-19)20(29)28-14-13-26-21(28)32-15-16-5-9-18(10-6-16)22(23,24)25/h5-12H,3-4,13-15H2,1-2H3. The van der Waals surface area contributed by atoms with Gasteiger partial charge >= 0.3 is 6.18 Å². The molecule has 0 aliphatic carbocycles. The molecule has 33 heavy (non-hydrogen) atoms. The van der Waals surface area contributed by atoms with Crippen molar-refractivity contribution in [1.82, 2.24) is 9.21 Å². The van der Waals surface area contributed by atoms with E-state index in [2.05, 4.69) is 4.99 Å². The minimum atomic E-state index is -4.38. The summed E-state index contributed by atoms with van der Waals surface area (Å²) in [5.74, 6) is 0.0555. The summed E-state index contributed by atoms with van der Waals surface area (Å²) in [4.78, 5) is 18.9. The molecule has 2 aromatic rings. The maximum absolute atomic E-state index is 13.0. The number of alkyl halides is 3. The lowest BCUT2D eigenvalue weighted by molar-refractivity contribution is -0.137. The van der Waals surface area contributed by atoms with Crippen LogP contribution < -0.4 is 0 Å². The quantitative estimate of drug-likeness (QED) is 0.563. The summed E-state index contributed by atoms with van der Waals surface area (Å²) in [5, 5.41) is 0.486. The fourth-order valence-electron chi connectivity index (χ4n) is 3.31. The highest BCUT2D eigenvalue weighted by Crippen LogP contribution is 2.30. The predicted molar refractivity (Wildman–Crippen MR) is 123 cm³/mol. The molecule has 0 bridgehead atoms. The van der Waals surface area contributed by atoms with E-state index in [0.29, 0.717) is 48.2 Å². The molecular formula is C22H24F3N3O3S2. The van der Waals surface area contributed by atoms with Gasteiger partial charge in [0.05, 0.1) is 17.0 Å². The van der Waals surface area contributed by atoms with Crippen molar-refractivity contribution in [3.8, 4) is 0 Å². The Morgan fingerprint density at radius 2 is 1.67 bits per heavy atom. The zero-order chi connectivity index (χ0) is 24.2. The van der Waals surface area contributed by atoms with E-state index in [1.165, 1.54) is 57.4 Å². The van der Waals surface area contributed by atoms with E-state index in [-0.39, 0.29) is 10.8 Å². The largest absolute Gasteiger partial charge is 0.416 e. The number of nitrogens with zero attached hydrogens (tertiary/aromatic N) is 3. The van der Waals surface area contributed by atoms with Crippen LogP contribution in [0, 0.1) is 0 Å². The van der Waals surface area contributed by atoms with E-state index in [1.54, 1.807) is 13.8 Å². The summed E-state index contributed by atoms with van der Waals surface area (Å²) in [7, 11) is -3.61. The average Bonchev–Trinajstić information content (AvgIpc) is 3.26. The van der Waals surface area contributed by atoms with E-state index in [1.807, 2.05) is 0 Å². The first-order valence-corrected chi connectivity index (χ1v) is 12.8. The number of aliphatic imine (C=N–C) groups is 1. The van der Waals surface area contributed by atoms with Crippen LogP contribution in [-0.4, -0.2) is 54.9 Å². The molecule has 178 valence electrons. The second-order valence-corrected chi connectivity index (χ2v) is 10.1. The van der Waals surface area contributed by atoms with Gasteiger partial charge in [-0.25, -0.2) is 8.42 Å². The normalized spacial score (nSPS) is 14.6. The van der Waals surface area contributed by atoms with Crippen molar-refractivity contribution < 1.29 is 26.4 Å². The zero-order valence-corrected chi connectivity index (χ0v) is 19.8. The van der Waals surface area contributed by atoms with Gasteiger partial charge in [-0.05, 0) is 42.0 Å². The summed E-state index contributed by atoms with van der Waals surface area (Å²) in [6, 6.07) is 10.7. The van der Waals surface area contributed by atoms with Crippen LogP contribution in [0.1, 0.15) is 35.3 Å². The first-order valence-electron chi connectivity index (χ1n) is 10.3. The van der Waals surface area contributed by atoms with Crippen LogP contribution in [0.2, 0.25) is 0 Å². The fourth-order valence-corrected chi connectivity index (χ4v) is 5.77. The second kappa shape index (κ2) is 10.3. The number of amidine groups is 1. The van der Waals surface area contributed by atoms with Crippen LogP contribution in [0.4, 0.5) is 13.2 Å². The van der Waals surface area contributed by atoms with Crippen LogP contribution in [0.5, 0.6) is 0 Å². The van der Waals surface area contributed by atoms with Crippen molar-refractivity contribution >= 4 is 32.9 Å². The first-order chi connectivity index (χ1) is 15.6. The summed E-state index contributed by atoms with van der Waals surface area (Å²) in [6.07, 6.45) is -4.38. The maximum Gasteiger partial charge on any atom is 0.416 e. The molecule has 0 spiro atoms. The monoisotopic (exact) mass is 499 g/mol. The van der Waals surface area contributed by atoms with Gasteiger partial charge in [0.2, 0.25) is 10.0 Å². The molecule has 0 saturated carbocycles. The summed E-state index contributed by atoms with van der Waals surface area (Å²) >= 11 is 1.27. The molecule has 0 saturated heterocycles. The zero-order valence-electron chi connectivity index (χ0n) is 18.2. The lowest BCUT2D eigenvalue weighted by Gasteiger charge is -2.20. The predicted octanol–water partition coefficient (Wildman–Crippen LogP) is 4.48. The van der Waals surface area contributed by atoms with Crippen molar-refractivity contribution in [2.75, 3.05) is 26.2 Å². The molecule has 1 amide bonds. The summed E-state index contributed by atoms with van der Waals surface area (Å²) in [6.45, 7) is 5.03. The van der Waals surface area contributed by atoms with E-state index in [0.717, 1.165) is 12.1 Å². The Labute approximate surface area is 195 Å². The summed E-state index contributed by atoms with van der Waals surface area (Å²) < 4.78 is 64.7. The number of thioether (sulfide) groups is 1. The van der Waals surface area contributed by atoms with E-state index >= 15 is 0 Å². The third-order valence-corrected chi connectivity index (χ3v) is 8.29.